The Morgan fingerprint density at radius 1 is 1.44 bits per heavy atom. The number of hydrazine groups is 1. The fourth-order valence-corrected chi connectivity index (χ4v) is 2.55. The third kappa shape index (κ3) is 2.48. The number of benzene rings is 1. The minimum absolute atomic E-state index is 0.0678. The first-order chi connectivity index (χ1) is 8.67. The van der Waals surface area contributed by atoms with Crippen molar-refractivity contribution in [2.75, 3.05) is 0 Å². The highest BCUT2D eigenvalue weighted by Gasteiger charge is 2.18. The number of hydrogen-bond donors (Lipinski definition) is 2. The molecule has 0 amide bonds. The Morgan fingerprint density at radius 3 is 2.89 bits per heavy atom. The second kappa shape index (κ2) is 5.65. The molecule has 18 heavy (non-hydrogen) atoms. The van der Waals surface area contributed by atoms with E-state index in [9.17, 15) is 0 Å². The molecule has 0 spiro atoms. The van der Waals surface area contributed by atoms with Crippen LogP contribution in [-0.2, 0) is 6.54 Å². The highest BCUT2D eigenvalue weighted by atomic mass is 79.9. The van der Waals surface area contributed by atoms with Crippen molar-refractivity contribution in [2.45, 2.75) is 26.4 Å². The van der Waals surface area contributed by atoms with E-state index in [0.29, 0.717) is 0 Å². The van der Waals surface area contributed by atoms with Crippen LogP contribution in [0.15, 0.2) is 34.9 Å². The topological polar surface area (TPSA) is 55.9 Å². The first-order valence-corrected chi connectivity index (χ1v) is 6.70. The van der Waals surface area contributed by atoms with E-state index in [1.165, 1.54) is 5.56 Å². The molecule has 0 aliphatic carbocycles. The molecule has 0 aliphatic heterocycles. The number of aromatic nitrogens is 2. The molecular weight excluding hydrogens is 292 g/mol. The van der Waals surface area contributed by atoms with Crippen LogP contribution >= 0.6 is 15.9 Å². The molecule has 1 atom stereocenters. The van der Waals surface area contributed by atoms with Gasteiger partial charge >= 0.3 is 0 Å². The number of nitrogens with two attached hydrogens (primary N) is 1. The van der Waals surface area contributed by atoms with Gasteiger partial charge in [-0.3, -0.25) is 10.5 Å². The summed E-state index contributed by atoms with van der Waals surface area (Å²) < 4.78 is 2.99. The van der Waals surface area contributed by atoms with Gasteiger partial charge in [0.1, 0.15) is 0 Å². The average Bonchev–Trinajstić information content (AvgIpc) is 2.83. The Morgan fingerprint density at radius 2 is 2.22 bits per heavy atom. The lowest BCUT2D eigenvalue weighted by Gasteiger charge is -2.19. The SMILES string of the molecule is CCn1nccc1C(NN)c1cc(C)ccc1Br. The quantitative estimate of drug-likeness (QED) is 0.674. The van der Waals surface area contributed by atoms with Gasteiger partial charge in [-0.2, -0.15) is 5.10 Å². The summed E-state index contributed by atoms with van der Waals surface area (Å²) in [5.74, 6) is 5.73. The molecule has 4 nitrogen and oxygen atoms in total. The lowest BCUT2D eigenvalue weighted by molar-refractivity contribution is 0.542. The summed E-state index contributed by atoms with van der Waals surface area (Å²) in [5.41, 5.74) is 6.26. The van der Waals surface area contributed by atoms with Crippen molar-refractivity contribution in [1.29, 1.82) is 0 Å². The first kappa shape index (κ1) is 13.3. The number of rotatable bonds is 4. The molecule has 0 saturated heterocycles. The Balaban J connectivity index is 2.48. The molecule has 0 saturated carbocycles. The highest BCUT2D eigenvalue weighted by molar-refractivity contribution is 9.10. The van der Waals surface area contributed by atoms with Crippen LogP contribution in [0.25, 0.3) is 0 Å². The van der Waals surface area contributed by atoms with Gasteiger partial charge in [-0.25, -0.2) is 5.43 Å². The minimum atomic E-state index is -0.0678. The van der Waals surface area contributed by atoms with Gasteiger partial charge in [-0.1, -0.05) is 33.6 Å². The zero-order valence-electron chi connectivity index (χ0n) is 10.5. The zero-order chi connectivity index (χ0) is 13.1. The van der Waals surface area contributed by atoms with Crippen molar-refractivity contribution in [3.8, 4) is 0 Å². The van der Waals surface area contributed by atoms with Gasteiger partial charge in [0.15, 0.2) is 0 Å². The number of halogens is 1. The Bertz CT molecular complexity index is 536. The van der Waals surface area contributed by atoms with E-state index in [1.807, 2.05) is 16.8 Å². The Labute approximate surface area is 115 Å². The van der Waals surface area contributed by atoms with Gasteiger partial charge < -0.3 is 0 Å². The van der Waals surface area contributed by atoms with E-state index in [-0.39, 0.29) is 6.04 Å². The van der Waals surface area contributed by atoms with E-state index < -0.39 is 0 Å². The van der Waals surface area contributed by atoms with Crippen LogP contribution in [-0.4, -0.2) is 9.78 Å². The number of hydrogen-bond acceptors (Lipinski definition) is 3. The van der Waals surface area contributed by atoms with Crippen LogP contribution in [0.3, 0.4) is 0 Å². The maximum Gasteiger partial charge on any atom is 0.0889 e. The van der Waals surface area contributed by atoms with Gasteiger partial charge in [0.25, 0.3) is 0 Å². The molecule has 96 valence electrons. The Kier molecular flexibility index (Phi) is 4.16. The van der Waals surface area contributed by atoms with Crippen LogP contribution in [0.1, 0.15) is 29.8 Å². The predicted molar refractivity (Wildman–Crippen MR) is 75.9 cm³/mol. The van der Waals surface area contributed by atoms with Crippen molar-refractivity contribution in [1.82, 2.24) is 15.2 Å². The van der Waals surface area contributed by atoms with Crippen LogP contribution in [0.4, 0.5) is 0 Å². The zero-order valence-corrected chi connectivity index (χ0v) is 12.1. The predicted octanol–water partition coefficient (Wildman–Crippen LogP) is 2.53. The number of nitrogens with one attached hydrogen (secondary N) is 1. The maximum absolute atomic E-state index is 5.73. The van der Waals surface area contributed by atoms with Crippen molar-refractivity contribution in [3.05, 3.63) is 51.8 Å². The lowest BCUT2D eigenvalue weighted by atomic mass is 10.0. The number of aryl methyl sites for hydroxylation is 2. The van der Waals surface area contributed by atoms with Gasteiger partial charge in [-0.05, 0) is 31.5 Å². The molecule has 1 unspecified atom stereocenters. The molecule has 1 aromatic carbocycles. The smallest absolute Gasteiger partial charge is 0.0889 e. The van der Waals surface area contributed by atoms with Crippen LogP contribution in [0.2, 0.25) is 0 Å². The van der Waals surface area contributed by atoms with Gasteiger partial charge in [-0.15, -0.1) is 0 Å². The summed E-state index contributed by atoms with van der Waals surface area (Å²) in [5, 5.41) is 4.29. The number of nitrogens with zero attached hydrogens (tertiary/aromatic N) is 2. The fourth-order valence-electron chi connectivity index (χ4n) is 2.07. The molecule has 0 bridgehead atoms. The van der Waals surface area contributed by atoms with Crippen LogP contribution < -0.4 is 11.3 Å². The first-order valence-electron chi connectivity index (χ1n) is 5.91. The molecule has 0 aliphatic rings. The third-order valence-electron chi connectivity index (χ3n) is 2.97. The molecule has 0 radical (unpaired) electrons. The fraction of sp³-hybridized carbons (Fsp3) is 0.308. The summed E-state index contributed by atoms with van der Waals surface area (Å²) in [6, 6.07) is 8.16. The second-order valence-corrected chi connectivity index (χ2v) is 5.05. The molecule has 1 heterocycles. The molecule has 2 aromatic rings. The van der Waals surface area contributed by atoms with Crippen molar-refractivity contribution in [2.24, 2.45) is 5.84 Å². The van der Waals surface area contributed by atoms with E-state index >= 15 is 0 Å². The molecule has 2 rings (SSSR count). The van der Waals surface area contributed by atoms with Crippen molar-refractivity contribution in [3.63, 3.8) is 0 Å². The van der Waals surface area contributed by atoms with Crippen molar-refractivity contribution >= 4 is 15.9 Å². The minimum Gasteiger partial charge on any atom is -0.271 e. The molecule has 5 heteroatoms. The van der Waals surface area contributed by atoms with Crippen LogP contribution in [0, 0.1) is 6.92 Å². The Hall–Kier alpha value is -1.17. The summed E-state index contributed by atoms with van der Waals surface area (Å²) in [4.78, 5) is 0. The summed E-state index contributed by atoms with van der Waals surface area (Å²) in [6.07, 6.45) is 1.80. The monoisotopic (exact) mass is 308 g/mol. The normalized spacial score (nSPS) is 12.7. The summed E-state index contributed by atoms with van der Waals surface area (Å²) in [7, 11) is 0. The summed E-state index contributed by atoms with van der Waals surface area (Å²) in [6.45, 7) is 4.96. The third-order valence-corrected chi connectivity index (χ3v) is 3.70. The van der Waals surface area contributed by atoms with Gasteiger partial charge in [0, 0.05) is 17.2 Å². The van der Waals surface area contributed by atoms with E-state index in [2.05, 4.69) is 52.4 Å². The van der Waals surface area contributed by atoms with Crippen molar-refractivity contribution < 1.29 is 0 Å². The highest BCUT2D eigenvalue weighted by Crippen LogP contribution is 2.28. The standard InChI is InChI=1S/C13H17BrN4/c1-3-18-12(6-7-16-18)13(17-15)10-8-9(2)4-5-11(10)14/h4-8,13,17H,3,15H2,1-2H3. The van der Waals surface area contributed by atoms with Gasteiger partial charge in [0.2, 0.25) is 0 Å². The lowest BCUT2D eigenvalue weighted by Crippen LogP contribution is -2.31. The average molecular weight is 309 g/mol. The molecule has 1 aromatic heterocycles. The van der Waals surface area contributed by atoms with Gasteiger partial charge in [0.05, 0.1) is 11.7 Å². The molecular formula is C13H17BrN4. The summed E-state index contributed by atoms with van der Waals surface area (Å²) >= 11 is 3.58. The largest absolute Gasteiger partial charge is 0.271 e. The maximum atomic E-state index is 5.73. The second-order valence-electron chi connectivity index (χ2n) is 4.20. The molecule has 0 fully saturated rings. The van der Waals surface area contributed by atoms with E-state index in [1.54, 1.807) is 6.20 Å². The van der Waals surface area contributed by atoms with E-state index in [4.69, 9.17) is 5.84 Å². The molecule has 3 N–H and O–H groups in total. The van der Waals surface area contributed by atoms with Crippen LogP contribution in [0.5, 0.6) is 0 Å². The van der Waals surface area contributed by atoms with E-state index in [0.717, 1.165) is 22.3 Å².